The molecule has 0 aliphatic carbocycles. The van der Waals surface area contributed by atoms with Crippen LogP contribution in [0.1, 0.15) is 11.5 Å². The van der Waals surface area contributed by atoms with Gasteiger partial charge in [-0.2, -0.15) is 0 Å². The Hall–Kier alpha value is -2.69. The molecule has 106 valence electrons. The molecule has 0 atom stereocenters. The molecule has 0 spiro atoms. The molecule has 0 fully saturated rings. The molecular weight excluding hydrogens is 271 g/mol. The molecule has 3 rings (SSSR count). The number of aryl methyl sites for hydroxylation is 1. The van der Waals surface area contributed by atoms with Crippen LogP contribution in [0.3, 0.4) is 0 Å². The van der Waals surface area contributed by atoms with E-state index in [9.17, 15) is 4.39 Å². The van der Waals surface area contributed by atoms with Gasteiger partial charge in [0.15, 0.2) is 6.61 Å². The lowest BCUT2D eigenvalue weighted by atomic mass is 10.2. The van der Waals surface area contributed by atoms with Gasteiger partial charge >= 0.3 is 0 Å². The summed E-state index contributed by atoms with van der Waals surface area (Å²) < 4.78 is 24.2. The normalized spacial score (nSPS) is 10.6. The molecule has 5 heteroatoms. The van der Waals surface area contributed by atoms with Gasteiger partial charge < -0.3 is 9.15 Å². The Bertz CT molecular complexity index is 755. The third kappa shape index (κ3) is 3.25. The van der Waals surface area contributed by atoms with E-state index in [1.807, 2.05) is 31.2 Å². The highest BCUT2D eigenvalue weighted by Crippen LogP contribution is 2.19. The third-order valence-electron chi connectivity index (χ3n) is 2.89. The zero-order chi connectivity index (χ0) is 14.7. The van der Waals surface area contributed by atoms with E-state index in [0.717, 1.165) is 11.3 Å². The lowest BCUT2D eigenvalue weighted by molar-refractivity contribution is 0.264. The molecule has 1 heterocycles. The fourth-order valence-electron chi connectivity index (χ4n) is 1.90. The van der Waals surface area contributed by atoms with E-state index in [4.69, 9.17) is 9.15 Å². The molecule has 21 heavy (non-hydrogen) atoms. The quantitative estimate of drug-likeness (QED) is 0.732. The molecule has 3 aromatic rings. The first kappa shape index (κ1) is 13.3. The number of hydrogen-bond acceptors (Lipinski definition) is 4. The van der Waals surface area contributed by atoms with Crippen LogP contribution in [-0.4, -0.2) is 10.2 Å². The molecule has 1 aromatic heterocycles. The first-order valence-electron chi connectivity index (χ1n) is 6.48. The summed E-state index contributed by atoms with van der Waals surface area (Å²) in [4.78, 5) is 0. The second kappa shape index (κ2) is 5.75. The second-order valence-electron chi connectivity index (χ2n) is 4.62. The van der Waals surface area contributed by atoms with Crippen molar-refractivity contribution in [3.05, 3.63) is 65.8 Å². The third-order valence-corrected chi connectivity index (χ3v) is 2.89. The van der Waals surface area contributed by atoms with Crippen molar-refractivity contribution in [1.29, 1.82) is 0 Å². The summed E-state index contributed by atoms with van der Waals surface area (Å²) in [6.45, 7) is 2.16. The molecule has 4 nitrogen and oxygen atoms in total. The number of ether oxygens (including phenoxy) is 1. The van der Waals surface area contributed by atoms with Crippen molar-refractivity contribution in [1.82, 2.24) is 10.2 Å². The summed E-state index contributed by atoms with van der Waals surface area (Å²) >= 11 is 0. The first-order valence-corrected chi connectivity index (χ1v) is 6.48. The number of rotatable bonds is 4. The minimum atomic E-state index is -0.344. The fraction of sp³-hybridized carbons (Fsp3) is 0.125. The fourth-order valence-corrected chi connectivity index (χ4v) is 1.90. The predicted molar refractivity (Wildman–Crippen MR) is 75.2 cm³/mol. The molecular formula is C16H13FN2O2. The van der Waals surface area contributed by atoms with Crippen LogP contribution < -0.4 is 4.74 Å². The van der Waals surface area contributed by atoms with Crippen LogP contribution in [0.15, 0.2) is 52.9 Å². The van der Waals surface area contributed by atoms with Gasteiger partial charge in [0, 0.05) is 5.56 Å². The summed E-state index contributed by atoms with van der Waals surface area (Å²) in [5.74, 6) is 1.01. The van der Waals surface area contributed by atoms with Gasteiger partial charge in [0.2, 0.25) is 5.89 Å². The minimum absolute atomic E-state index is 0.172. The highest BCUT2D eigenvalue weighted by atomic mass is 19.1. The molecule has 0 N–H and O–H groups in total. The van der Waals surface area contributed by atoms with Gasteiger partial charge in [-0.05, 0) is 42.8 Å². The van der Waals surface area contributed by atoms with Crippen LogP contribution in [-0.2, 0) is 6.61 Å². The average Bonchev–Trinajstić information content (AvgIpc) is 2.94. The van der Waals surface area contributed by atoms with Crippen LogP contribution in [0, 0.1) is 12.7 Å². The standard InChI is InChI=1S/C16H13FN2O2/c1-11-4-2-7-14(8-11)20-10-15-18-19-16(21-15)12-5-3-6-13(17)9-12/h2-9H,10H2,1H3. The van der Waals surface area contributed by atoms with E-state index in [0.29, 0.717) is 11.5 Å². The second-order valence-corrected chi connectivity index (χ2v) is 4.62. The number of hydrogen-bond donors (Lipinski definition) is 0. The average molecular weight is 284 g/mol. The van der Waals surface area contributed by atoms with Gasteiger partial charge in [-0.3, -0.25) is 0 Å². The van der Waals surface area contributed by atoms with Crippen LogP contribution >= 0.6 is 0 Å². The zero-order valence-corrected chi connectivity index (χ0v) is 11.4. The van der Waals surface area contributed by atoms with Gasteiger partial charge in [-0.25, -0.2) is 4.39 Å². The maximum atomic E-state index is 13.2. The summed E-state index contributed by atoms with van der Waals surface area (Å²) in [6, 6.07) is 13.7. The Morgan fingerprint density at radius 3 is 2.76 bits per heavy atom. The number of nitrogens with zero attached hydrogens (tertiary/aromatic N) is 2. The molecule has 0 saturated heterocycles. The van der Waals surface area contributed by atoms with Gasteiger partial charge in [0.05, 0.1) is 0 Å². The zero-order valence-electron chi connectivity index (χ0n) is 11.4. The van der Waals surface area contributed by atoms with Crippen molar-refractivity contribution in [2.45, 2.75) is 13.5 Å². The Kier molecular flexibility index (Phi) is 3.64. The molecule has 0 radical (unpaired) electrons. The Morgan fingerprint density at radius 2 is 1.95 bits per heavy atom. The van der Waals surface area contributed by atoms with Crippen molar-refractivity contribution in [2.24, 2.45) is 0 Å². The highest BCUT2D eigenvalue weighted by Gasteiger charge is 2.09. The van der Waals surface area contributed by atoms with Crippen LogP contribution in [0.25, 0.3) is 11.5 Å². The van der Waals surface area contributed by atoms with E-state index >= 15 is 0 Å². The molecule has 0 bridgehead atoms. The van der Waals surface area contributed by atoms with Gasteiger partial charge in [-0.15, -0.1) is 10.2 Å². The maximum Gasteiger partial charge on any atom is 0.254 e. The minimum Gasteiger partial charge on any atom is -0.484 e. The first-order chi connectivity index (χ1) is 10.2. The van der Waals surface area contributed by atoms with Gasteiger partial charge in [0.1, 0.15) is 11.6 Å². The van der Waals surface area contributed by atoms with E-state index in [1.165, 1.54) is 12.1 Å². The van der Waals surface area contributed by atoms with E-state index < -0.39 is 0 Å². The van der Waals surface area contributed by atoms with Crippen LogP contribution in [0.2, 0.25) is 0 Å². The molecule has 2 aromatic carbocycles. The molecule has 0 amide bonds. The Labute approximate surface area is 121 Å². The van der Waals surface area contributed by atoms with Crippen LogP contribution in [0.5, 0.6) is 5.75 Å². The van der Waals surface area contributed by atoms with Gasteiger partial charge in [0.25, 0.3) is 5.89 Å². The van der Waals surface area contributed by atoms with Crippen LogP contribution in [0.4, 0.5) is 4.39 Å². The number of aromatic nitrogens is 2. The summed E-state index contributed by atoms with van der Waals surface area (Å²) in [5.41, 5.74) is 1.66. The van der Waals surface area contributed by atoms with Crippen molar-refractivity contribution in [3.8, 4) is 17.2 Å². The monoisotopic (exact) mass is 284 g/mol. The van der Waals surface area contributed by atoms with E-state index in [2.05, 4.69) is 10.2 Å². The highest BCUT2D eigenvalue weighted by molar-refractivity contribution is 5.52. The van der Waals surface area contributed by atoms with Crippen molar-refractivity contribution in [3.63, 3.8) is 0 Å². The smallest absolute Gasteiger partial charge is 0.254 e. The van der Waals surface area contributed by atoms with E-state index in [1.54, 1.807) is 12.1 Å². The molecule has 0 saturated carbocycles. The van der Waals surface area contributed by atoms with Crippen molar-refractivity contribution >= 4 is 0 Å². The van der Waals surface area contributed by atoms with E-state index in [-0.39, 0.29) is 18.3 Å². The van der Waals surface area contributed by atoms with Gasteiger partial charge in [-0.1, -0.05) is 18.2 Å². The Morgan fingerprint density at radius 1 is 1.10 bits per heavy atom. The summed E-state index contributed by atoms with van der Waals surface area (Å²) in [5, 5.41) is 7.79. The van der Waals surface area contributed by atoms with Crippen molar-refractivity contribution in [2.75, 3.05) is 0 Å². The Balaban J connectivity index is 1.71. The lowest BCUT2D eigenvalue weighted by Gasteiger charge is -2.03. The number of benzene rings is 2. The number of halogens is 1. The lowest BCUT2D eigenvalue weighted by Crippen LogP contribution is -1.95. The summed E-state index contributed by atoms with van der Waals surface area (Å²) in [7, 11) is 0. The maximum absolute atomic E-state index is 13.2. The molecule has 0 unspecified atom stereocenters. The predicted octanol–water partition coefficient (Wildman–Crippen LogP) is 3.76. The SMILES string of the molecule is Cc1cccc(OCc2nnc(-c3cccc(F)c3)o2)c1. The van der Waals surface area contributed by atoms with Crippen molar-refractivity contribution < 1.29 is 13.5 Å². The molecule has 0 aliphatic heterocycles. The largest absolute Gasteiger partial charge is 0.484 e. The topological polar surface area (TPSA) is 48.2 Å². The molecule has 0 aliphatic rings. The summed E-state index contributed by atoms with van der Waals surface area (Å²) in [6.07, 6.45) is 0.